The highest BCUT2D eigenvalue weighted by Gasteiger charge is 2.24. The Morgan fingerprint density at radius 3 is 2.49 bits per heavy atom. The van der Waals surface area contributed by atoms with Gasteiger partial charge in [-0.05, 0) is 66.0 Å². The zero-order valence-corrected chi connectivity index (χ0v) is 20.0. The van der Waals surface area contributed by atoms with Crippen LogP contribution in [-0.2, 0) is 22.2 Å². The van der Waals surface area contributed by atoms with E-state index in [0.29, 0.717) is 18.5 Å². The van der Waals surface area contributed by atoms with Crippen LogP contribution in [-0.4, -0.2) is 19.6 Å². The summed E-state index contributed by atoms with van der Waals surface area (Å²) in [5.41, 5.74) is 4.98. The molecule has 3 aromatic carbocycles. The van der Waals surface area contributed by atoms with Gasteiger partial charge in [-0.15, -0.1) is 0 Å². The molecule has 178 valence electrons. The maximum absolute atomic E-state index is 11.5. The normalized spacial score (nSPS) is 18.2. The van der Waals surface area contributed by atoms with Crippen LogP contribution in [0.25, 0.3) is 22.4 Å². The molecule has 6 rings (SSSR count). The smallest absolute Gasteiger partial charge is 0.338 e. The van der Waals surface area contributed by atoms with Crippen molar-refractivity contribution in [2.45, 2.75) is 44.8 Å². The zero-order chi connectivity index (χ0) is 23.6. The highest BCUT2D eigenvalue weighted by Crippen LogP contribution is 2.36. The predicted octanol–water partition coefficient (Wildman–Crippen LogP) is 5.65. The minimum Gasteiger partial charge on any atom is -0.489 e. The molecule has 1 atom stereocenters. The van der Waals surface area contributed by atoms with E-state index in [2.05, 4.69) is 44.8 Å². The van der Waals surface area contributed by atoms with Gasteiger partial charge in [0.2, 0.25) is 0 Å². The number of amidine groups is 1. The molecule has 0 bridgehead atoms. The van der Waals surface area contributed by atoms with E-state index >= 15 is 0 Å². The van der Waals surface area contributed by atoms with Gasteiger partial charge in [0.15, 0.2) is 5.84 Å². The molecule has 2 heterocycles. The lowest BCUT2D eigenvalue weighted by Gasteiger charge is -2.25. The van der Waals surface area contributed by atoms with E-state index in [1.807, 2.05) is 42.5 Å². The van der Waals surface area contributed by atoms with Crippen molar-refractivity contribution in [3.05, 3.63) is 83.9 Å². The largest absolute Gasteiger partial charge is 0.489 e. The first kappa shape index (κ1) is 21.9. The van der Waals surface area contributed by atoms with Crippen LogP contribution in [0.15, 0.2) is 78.0 Å². The van der Waals surface area contributed by atoms with Gasteiger partial charge in [0, 0.05) is 17.2 Å². The van der Waals surface area contributed by atoms with Gasteiger partial charge in [-0.1, -0.05) is 49.6 Å². The Bertz CT molecular complexity index is 1390. The SMILES string of the molecule is O=S1NC(c2ccc3c(c2)nc(-c2ccc(OCc4ccccc4)cc2)n3C2CCCCC2)=NO1. The molecule has 0 radical (unpaired) electrons. The summed E-state index contributed by atoms with van der Waals surface area (Å²) in [4.78, 5) is 5.06. The molecule has 8 heteroatoms. The lowest BCUT2D eigenvalue weighted by Crippen LogP contribution is -2.20. The lowest BCUT2D eigenvalue weighted by molar-refractivity contribution is 0.306. The van der Waals surface area contributed by atoms with Crippen LogP contribution in [0.4, 0.5) is 0 Å². The van der Waals surface area contributed by atoms with E-state index in [9.17, 15) is 4.21 Å². The molecular formula is C27H26N4O3S. The molecule has 4 aromatic rings. The molecule has 7 nitrogen and oxygen atoms in total. The van der Waals surface area contributed by atoms with Crippen molar-refractivity contribution in [2.75, 3.05) is 0 Å². The molecular weight excluding hydrogens is 460 g/mol. The highest BCUT2D eigenvalue weighted by molar-refractivity contribution is 7.79. The fourth-order valence-electron chi connectivity index (χ4n) is 4.90. The van der Waals surface area contributed by atoms with E-state index in [1.54, 1.807) is 0 Å². The molecule has 2 aliphatic rings. The van der Waals surface area contributed by atoms with Gasteiger partial charge in [-0.3, -0.25) is 9.01 Å². The number of ether oxygens (including phenoxy) is 1. The summed E-state index contributed by atoms with van der Waals surface area (Å²) >= 11 is -1.63. The molecule has 0 saturated heterocycles. The van der Waals surface area contributed by atoms with Crippen LogP contribution in [0, 0.1) is 0 Å². The van der Waals surface area contributed by atoms with Gasteiger partial charge in [0.1, 0.15) is 18.2 Å². The van der Waals surface area contributed by atoms with E-state index in [4.69, 9.17) is 14.0 Å². The standard InChI is InChI=1S/C27H26N4O3S/c32-35-30-26(29-34-35)21-13-16-25-24(17-21)28-27(31(25)22-9-5-2-6-10-22)20-11-14-23(15-12-20)33-18-19-7-3-1-4-8-19/h1,3-4,7-8,11-17,22H,2,5-6,9-10,18H2,(H,29,30). The third-order valence-corrected chi connectivity index (χ3v) is 7.21. The average Bonchev–Trinajstić information content (AvgIpc) is 3.52. The number of hydrogen-bond acceptors (Lipinski definition) is 5. The Morgan fingerprint density at radius 1 is 0.971 bits per heavy atom. The van der Waals surface area contributed by atoms with E-state index in [-0.39, 0.29) is 0 Å². The number of benzene rings is 3. The van der Waals surface area contributed by atoms with Gasteiger partial charge < -0.3 is 9.30 Å². The van der Waals surface area contributed by atoms with E-state index in [0.717, 1.165) is 52.1 Å². The van der Waals surface area contributed by atoms with Crippen molar-refractivity contribution < 1.29 is 13.2 Å². The minimum absolute atomic E-state index is 0.418. The second-order valence-corrected chi connectivity index (χ2v) is 9.77. The second-order valence-electron chi connectivity index (χ2n) is 8.95. The first-order valence-corrected chi connectivity index (χ1v) is 13.1. The molecule has 1 aromatic heterocycles. The van der Waals surface area contributed by atoms with Gasteiger partial charge >= 0.3 is 11.3 Å². The van der Waals surface area contributed by atoms with Crippen LogP contribution < -0.4 is 9.46 Å². The molecule has 1 fully saturated rings. The number of oxime groups is 1. The van der Waals surface area contributed by atoms with Crippen LogP contribution in [0.1, 0.15) is 49.3 Å². The highest BCUT2D eigenvalue weighted by atomic mass is 32.2. The summed E-state index contributed by atoms with van der Waals surface area (Å²) in [6.07, 6.45) is 6.06. The summed E-state index contributed by atoms with van der Waals surface area (Å²) in [6.45, 7) is 0.538. The quantitative estimate of drug-likeness (QED) is 0.382. The van der Waals surface area contributed by atoms with Crippen molar-refractivity contribution in [1.29, 1.82) is 0 Å². The van der Waals surface area contributed by atoms with Gasteiger partial charge in [0.05, 0.1) is 11.0 Å². The zero-order valence-electron chi connectivity index (χ0n) is 19.2. The third kappa shape index (κ3) is 4.53. The van der Waals surface area contributed by atoms with Crippen molar-refractivity contribution in [3.8, 4) is 17.1 Å². The summed E-state index contributed by atoms with van der Waals surface area (Å²) < 4.78 is 27.4. The first-order chi connectivity index (χ1) is 17.2. The Kier molecular flexibility index (Phi) is 5.96. The van der Waals surface area contributed by atoms with Crippen molar-refractivity contribution in [2.24, 2.45) is 5.16 Å². The number of nitrogens with one attached hydrogen (secondary N) is 1. The van der Waals surface area contributed by atoms with Crippen LogP contribution >= 0.6 is 0 Å². The Labute approximate surface area is 206 Å². The van der Waals surface area contributed by atoms with Gasteiger partial charge in [-0.2, -0.15) is 4.21 Å². The minimum atomic E-state index is -1.63. The van der Waals surface area contributed by atoms with Crippen molar-refractivity contribution in [1.82, 2.24) is 14.3 Å². The van der Waals surface area contributed by atoms with E-state index in [1.165, 1.54) is 19.3 Å². The van der Waals surface area contributed by atoms with Crippen LogP contribution in [0.5, 0.6) is 5.75 Å². The summed E-state index contributed by atoms with van der Waals surface area (Å²) in [6, 6.07) is 24.8. The monoisotopic (exact) mass is 486 g/mol. The number of aromatic nitrogens is 2. The number of rotatable bonds is 6. The fraction of sp³-hybridized carbons (Fsp3) is 0.259. The Morgan fingerprint density at radius 2 is 1.74 bits per heavy atom. The average molecular weight is 487 g/mol. The molecule has 0 spiro atoms. The number of nitrogens with zero attached hydrogens (tertiary/aromatic N) is 3. The predicted molar refractivity (Wildman–Crippen MR) is 137 cm³/mol. The summed E-state index contributed by atoms with van der Waals surface area (Å²) in [5.74, 6) is 2.25. The molecule has 1 saturated carbocycles. The van der Waals surface area contributed by atoms with Crippen molar-refractivity contribution >= 4 is 28.1 Å². The summed E-state index contributed by atoms with van der Waals surface area (Å²) in [5, 5.41) is 3.88. The molecule has 1 aliphatic heterocycles. The lowest BCUT2D eigenvalue weighted by atomic mass is 9.95. The van der Waals surface area contributed by atoms with Crippen LogP contribution in [0.3, 0.4) is 0 Å². The maximum Gasteiger partial charge on any atom is 0.338 e. The topological polar surface area (TPSA) is 77.7 Å². The van der Waals surface area contributed by atoms with Gasteiger partial charge in [0.25, 0.3) is 0 Å². The molecule has 1 N–H and O–H groups in total. The Balaban J connectivity index is 1.34. The maximum atomic E-state index is 11.5. The molecule has 1 aliphatic carbocycles. The van der Waals surface area contributed by atoms with E-state index < -0.39 is 11.3 Å². The van der Waals surface area contributed by atoms with Gasteiger partial charge in [-0.25, -0.2) is 4.98 Å². The molecule has 35 heavy (non-hydrogen) atoms. The number of fused-ring (bicyclic) bond motifs is 1. The van der Waals surface area contributed by atoms with Crippen LogP contribution in [0.2, 0.25) is 0 Å². The third-order valence-electron chi connectivity index (χ3n) is 6.64. The molecule has 1 unspecified atom stereocenters. The van der Waals surface area contributed by atoms with Crippen molar-refractivity contribution in [3.63, 3.8) is 0 Å². The Hall–Kier alpha value is -3.65. The number of imidazole rings is 1. The number of hydrogen-bond donors (Lipinski definition) is 1. The second kappa shape index (κ2) is 9.54. The molecule has 0 amide bonds. The summed E-state index contributed by atoms with van der Waals surface area (Å²) in [7, 11) is 0. The first-order valence-electron chi connectivity index (χ1n) is 12.0. The fourth-order valence-corrected chi connectivity index (χ4v) is 5.39.